The number of hydrogen-bond acceptors (Lipinski definition) is 3. The molecule has 0 unspecified atom stereocenters. The molecule has 152 valence electrons. The van der Waals surface area contributed by atoms with Crippen molar-refractivity contribution in [3.8, 4) is 5.69 Å². The van der Waals surface area contributed by atoms with Gasteiger partial charge >= 0.3 is 5.69 Å². The number of fused-ring (bicyclic) bond motifs is 1. The van der Waals surface area contributed by atoms with Crippen molar-refractivity contribution in [3.63, 3.8) is 0 Å². The fourth-order valence-corrected chi connectivity index (χ4v) is 3.78. The van der Waals surface area contributed by atoms with E-state index in [-0.39, 0.29) is 6.54 Å². The molecule has 2 aromatic heterocycles. The predicted octanol–water partition coefficient (Wildman–Crippen LogP) is 4.20. The molecule has 6 nitrogen and oxygen atoms in total. The number of hydrogen-bond donors (Lipinski definition) is 0. The van der Waals surface area contributed by atoms with Gasteiger partial charge in [0.2, 0.25) is 0 Å². The summed E-state index contributed by atoms with van der Waals surface area (Å²) in [5, 5.41) is 0.886. The molecule has 0 spiro atoms. The van der Waals surface area contributed by atoms with Crippen LogP contribution in [0.5, 0.6) is 0 Å². The van der Waals surface area contributed by atoms with Crippen molar-refractivity contribution in [2.24, 2.45) is 0 Å². The Morgan fingerprint density at radius 3 is 2.57 bits per heavy atom. The minimum absolute atomic E-state index is 0.0947. The number of aryl methyl sites for hydroxylation is 1. The molecule has 2 heterocycles. The third kappa shape index (κ3) is 3.38. The van der Waals surface area contributed by atoms with Crippen LogP contribution < -0.4 is 11.2 Å². The molecule has 0 saturated heterocycles. The molecule has 0 amide bonds. The Balaban J connectivity index is 2.01. The number of halogens is 2. The van der Waals surface area contributed by atoms with E-state index in [1.54, 1.807) is 23.0 Å². The predicted molar refractivity (Wildman–Crippen MR) is 120 cm³/mol. The SMILES string of the molecule is C=CCn1c(=O)c2c(ncn2Cc2ccc(Cl)c(Cl)c2)n(-c2ccccc2C)c1=O. The van der Waals surface area contributed by atoms with Crippen molar-refractivity contribution in [1.82, 2.24) is 18.7 Å². The molecule has 0 bridgehead atoms. The fraction of sp³-hybridized carbons (Fsp3) is 0.136. The average Bonchev–Trinajstić information content (AvgIpc) is 3.13. The normalized spacial score (nSPS) is 11.2. The van der Waals surface area contributed by atoms with Crippen LogP contribution in [-0.2, 0) is 13.1 Å². The first-order valence-electron chi connectivity index (χ1n) is 9.24. The van der Waals surface area contributed by atoms with E-state index in [4.69, 9.17) is 23.2 Å². The molecule has 4 aromatic rings. The summed E-state index contributed by atoms with van der Waals surface area (Å²) in [6, 6.07) is 12.8. The van der Waals surface area contributed by atoms with Crippen molar-refractivity contribution >= 4 is 34.4 Å². The molecule has 0 radical (unpaired) electrons. The molecular formula is C22H18Cl2N4O2. The highest BCUT2D eigenvalue weighted by Crippen LogP contribution is 2.24. The zero-order chi connectivity index (χ0) is 21.4. The quantitative estimate of drug-likeness (QED) is 0.436. The first-order chi connectivity index (χ1) is 14.4. The van der Waals surface area contributed by atoms with Crippen molar-refractivity contribution in [2.45, 2.75) is 20.0 Å². The van der Waals surface area contributed by atoms with E-state index in [9.17, 15) is 9.59 Å². The fourth-order valence-electron chi connectivity index (χ4n) is 3.46. The van der Waals surface area contributed by atoms with Crippen LogP contribution in [0.4, 0.5) is 0 Å². The summed E-state index contributed by atoms with van der Waals surface area (Å²) < 4.78 is 4.35. The van der Waals surface area contributed by atoms with E-state index in [1.165, 1.54) is 10.6 Å². The molecule has 0 aliphatic rings. The molecule has 0 N–H and O–H groups in total. The van der Waals surface area contributed by atoms with Gasteiger partial charge in [-0.05, 0) is 36.2 Å². The maximum atomic E-state index is 13.2. The lowest BCUT2D eigenvalue weighted by Crippen LogP contribution is -2.40. The van der Waals surface area contributed by atoms with Gasteiger partial charge < -0.3 is 4.57 Å². The van der Waals surface area contributed by atoms with Gasteiger partial charge in [-0.3, -0.25) is 9.36 Å². The summed E-state index contributed by atoms with van der Waals surface area (Å²) in [4.78, 5) is 30.8. The van der Waals surface area contributed by atoms with Gasteiger partial charge in [-0.1, -0.05) is 53.5 Å². The maximum absolute atomic E-state index is 13.2. The van der Waals surface area contributed by atoms with Crippen LogP contribution in [-0.4, -0.2) is 18.7 Å². The highest BCUT2D eigenvalue weighted by Gasteiger charge is 2.19. The first kappa shape index (κ1) is 20.2. The lowest BCUT2D eigenvalue weighted by molar-refractivity contribution is 0.689. The van der Waals surface area contributed by atoms with Crippen LogP contribution in [0, 0.1) is 6.92 Å². The molecule has 0 aliphatic heterocycles. The van der Waals surface area contributed by atoms with E-state index >= 15 is 0 Å². The van der Waals surface area contributed by atoms with Gasteiger partial charge in [0.25, 0.3) is 5.56 Å². The Bertz CT molecular complexity index is 1400. The summed E-state index contributed by atoms with van der Waals surface area (Å²) in [6.07, 6.45) is 3.08. The number of nitrogens with zero attached hydrogens (tertiary/aromatic N) is 4. The van der Waals surface area contributed by atoms with Crippen molar-refractivity contribution < 1.29 is 0 Å². The number of allylic oxidation sites excluding steroid dienone is 1. The van der Waals surface area contributed by atoms with Crippen LogP contribution >= 0.6 is 23.2 Å². The van der Waals surface area contributed by atoms with E-state index < -0.39 is 11.2 Å². The lowest BCUT2D eigenvalue weighted by atomic mass is 10.2. The highest BCUT2D eigenvalue weighted by molar-refractivity contribution is 6.42. The number of benzene rings is 2. The van der Waals surface area contributed by atoms with Crippen LogP contribution in [0.15, 0.2) is 71.0 Å². The van der Waals surface area contributed by atoms with Gasteiger partial charge in [0.1, 0.15) is 0 Å². The van der Waals surface area contributed by atoms with Gasteiger partial charge in [0.15, 0.2) is 11.2 Å². The molecular weight excluding hydrogens is 423 g/mol. The van der Waals surface area contributed by atoms with E-state index in [0.29, 0.717) is 33.4 Å². The summed E-state index contributed by atoms with van der Waals surface area (Å²) >= 11 is 12.1. The monoisotopic (exact) mass is 440 g/mol. The topological polar surface area (TPSA) is 61.8 Å². The molecule has 2 aromatic carbocycles. The minimum atomic E-state index is -0.457. The Labute approximate surface area is 182 Å². The molecule has 4 rings (SSSR count). The van der Waals surface area contributed by atoms with Crippen LogP contribution in [0.2, 0.25) is 10.0 Å². The third-order valence-corrected chi connectivity index (χ3v) is 5.64. The second-order valence-electron chi connectivity index (χ2n) is 6.90. The average molecular weight is 441 g/mol. The minimum Gasteiger partial charge on any atom is -0.320 e. The van der Waals surface area contributed by atoms with Gasteiger partial charge in [-0.2, -0.15) is 0 Å². The molecule has 0 atom stereocenters. The van der Waals surface area contributed by atoms with Gasteiger partial charge in [0, 0.05) is 13.1 Å². The van der Waals surface area contributed by atoms with Gasteiger partial charge in [0.05, 0.1) is 22.1 Å². The molecule has 0 saturated carbocycles. The molecule has 0 aliphatic carbocycles. The largest absolute Gasteiger partial charge is 0.337 e. The number of aromatic nitrogens is 4. The summed E-state index contributed by atoms with van der Waals surface area (Å²) in [6.45, 7) is 6.03. The zero-order valence-electron chi connectivity index (χ0n) is 16.2. The highest BCUT2D eigenvalue weighted by atomic mass is 35.5. The van der Waals surface area contributed by atoms with Crippen LogP contribution in [0.25, 0.3) is 16.9 Å². The Kier molecular flexibility index (Phi) is 5.37. The molecule has 8 heteroatoms. The molecule has 30 heavy (non-hydrogen) atoms. The second kappa shape index (κ2) is 7.97. The van der Waals surface area contributed by atoms with E-state index in [0.717, 1.165) is 15.7 Å². The van der Waals surface area contributed by atoms with Crippen molar-refractivity contribution in [3.05, 3.63) is 103 Å². The first-order valence-corrected chi connectivity index (χ1v) is 9.99. The lowest BCUT2D eigenvalue weighted by Gasteiger charge is -2.13. The Morgan fingerprint density at radius 2 is 1.87 bits per heavy atom. The van der Waals surface area contributed by atoms with E-state index in [2.05, 4.69) is 11.6 Å². The number of para-hydroxylation sites is 1. The third-order valence-electron chi connectivity index (χ3n) is 4.91. The maximum Gasteiger partial charge on any atom is 0.337 e. The number of rotatable bonds is 5. The van der Waals surface area contributed by atoms with Crippen molar-refractivity contribution in [1.29, 1.82) is 0 Å². The summed E-state index contributed by atoms with van der Waals surface area (Å²) in [7, 11) is 0. The van der Waals surface area contributed by atoms with Crippen LogP contribution in [0.3, 0.4) is 0 Å². The Morgan fingerprint density at radius 1 is 1.10 bits per heavy atom. The zero-order valence-corrected chi connectivity index (χ0v) is 17.7. The second-order valence-corrected chi connectivity index (χ2v) is 7.72. The van der Waals surface area contributed by atoms with E-state index in [1.807, 2.05) is 37.3 Å². The van der Waals surface area contributed by atoms with Gasteiger partial charge in [-0.25, -0.2) is 14.3 Å². The Hall–Kier alpha value is -3.09. The smallest absolute Gasteiger partial charge is 0.320 e. The standard InChI is InChI=1S/C22H18Cl2N4O2/c1-3-10-27-21(29)19-20(28(22(27)30)18-7-5-4-6-14(18)2)25-13-26(19)12-15-8-9-16(23)17(24)11-15/h3-9,11,13H,1,10,12H2,2H3. The molecule has 0 fully saturated rings. The summed E-state index contributed by atoms with van der Waals surface area (Å²) in [5.74, 6) is 0. The number of imidazole rings is 1. The van der Waals surface area contributed by atoms with Crippen molar-refractivity contribution in [2.75, 3.05) is 0 Å². The summed E-state index contributed by atoms with van der Waals surface area (Å²) in [5.41, 5.74) is 2.17. The van der Waals surface area contributed by atoms with Crippen LogP contribution in [0.1, 0.15) is 11.1 Å². The van der Waals surface area contributed by atoms with Gasteiger partial charge in [-0.15, -0.1) is 6.58 Å².